The van der Waals surface area contributed by atoms with Gasteiger partial charge in [-0.3, -0.25) is 14.4 Å². The molecule has 0 atom stereocenters. The number of hydrogen-bond donors (Lipinski definition) is 1. The minimum atomic E-state index is -0.263. The van der Waals surface area contributed by atoms with Crippen molar-refractivity contribution in [2.24, 2.45) is 0 Å². The Morgan fingerprint density at radius 1 is 0.824 bits per heavy atom. The summed E-state index contributed by atoms with van der Waals surface area (Å²) in [4.78, 5) is 37.1. The third kappa shape index (κ3) is 5.15. The molecule has 0 spiro atoms. The largest absolute Gasteiger partial charge is 0.497 e. The number of amides is 1. The van der Waals surface area contributed by atoms with Gasteiger partial charge in [0.25, 0.3) is 0 Å². The molecule has 1 heterocycles. The number of benzene rings is 3. The summed E-state index contributed by atoms with van der Waals surface area (Å²) in [6.45, 7) is 0. The standard InChI is InChI=1S/C27H23NO6/c1-32-20-9-5-17(6-10-20)23(29)12-14-27(31)28-19-7-3-18(4-8-19)26-16-24(30)22-15-21(33-2)11-13-25(22)34-26/h3-11,13,15-16H,12,14H2,1-2H3,(H,28,31). The zero-order chi connectivity index (χ0) is 24.1. The molecule has 0 aliphatic rings. The third-order valence-corrected chi connectivity index (χ3v) is 5.38. The van der Waals surface area contributed by atoms with E-state index in [1.165, 1.54) is 13.2 Å². The van der Waals surface area contributed by atoms with Crippen LogP contribution in [-0.4, -0.2) is 25.9 Å². The number of carbonyl (C=O) groups excluding carboxylic acids is 2. The zero-order valence-corrected chi connectivity index (χ0v) is 18.8. The molecule has 1 N–H and O–H groups in total. The van der Waals surface area contributed by atoms with E-state index >= 15 is 0 Å². The summed E-state index contributed by atoms with van der Waals surface area (Å²) >= 11 is 0. The molecule has 3 aromatic carbocycles. The van der Waals surface area contributed by atoms with Gasteiger partial charge in [-0.1, -0.05) is 0 Å². The minimum absolute atomic E-state index is 0.0651. The number of ether oxygens (including phenoxy) is 2. The van der Waals surface area contributed by atoms with Crippen molar-refractivity contribution in [3.63, 3.8) is 0 Å². The second-order valence-electron chi connectivity index (χ2n) is 7.61. The van der Waals surface area contributed by atoms with E-state index in [0.717, 1.165) is 0 Å². The molecule has 4 rings (SSSR count). The zero-order valence-electron chi connectivity index (χ0n) is 18.8. The molecule has 1 aromatic heterocycles. The number of Topliss-reactive ketones (excluding diaryl/α,β-unsaturated/α-hetero) is 1. The lowest BCUT2D eigenvalue weighted by atomic mass is 10.1. The highest BCUT2D eigenvalue weighted by molar-refractivity contribution is 6.00. The fourth-order valence-corrected chi connectivity index (χ4v) is 3.49. The van der Waals surface area contributed by atoms with Crippen molar-refractivity contribution in [3.8, 4) is 22.8 Å². The van der Waals surface area contributed by atoms with E-state index in [1.807, 2.05) is 0 Å². The van der Waals surface area contributed by atoms with Crippen LogP contribution >= 0.6 is 0 Å². The molecule has 172 valence electrons. The molecular weight excluding hydrogens is 434 g/mol. The van der Waals surface area contributed by atoms with Gasteiger partial charge in [-0.2, -0.15) is 0 Å². The predicted octanol–water partition coefficient (Wildman–Crippen LogP) is 5.08. The predicted molar refractivity (Wildman–Crippen MR) is 130 cm³/mol. The Bertz CT molecular complexity index is 1390. The second kappa shape index (κ2) is 10.0. The van der Waals surface area contributed by atoms with E-state index in [2.05, 4.69) is 5.32 Å². The highest BCUT2D eigenvalue weighted by Gasteiger charge is 2.11. The van der Waals surface area contributed by atoms with E-state index in [4.69, 9.17) is 13.9 Å². The highest BCUT2D eigenvalue weighted by Crippen LogP contribution is 2.25. The lowest BCUT2D eigenvalue weighted by molar-refractivity contribution is -0.116. The van der Waals surface area contributed by atoms with Gasteiger partial charge in [0.15, 0.2) is 11.2 Å². The topological polar surface area (TPSA) is 94.8 Å². The Morgan fingerprint density at radius 2 is 1.50 bits per heavy atom. The van der Waals surface area contributed by atoms with Crippen molar-refractivity contribution >= 4 is 28.3 Å². The lowest BCUT2D eigenvalue weighted by Gasteiger charge is -2.08. The van der Waals surface area contributed by atoms with Gasteiger partial charge in [-0.05, 0) is 66.7 Å². The number of fused-ring (bicyclic) bond motifs is 1. The maximum atomic E-state index is 12.5. The van der Waals surface area contributed by atoms with Crippen LogP contribution in [0.15, 0.2) is 82.0 Å². The molecule has 0 saturated heterocycles. The number of ketones is 1. The average molecular weight is 457 g/mol. The summed E-state index contributed by atoms with van der Waals surface area (Å²) < 4.78 is 16.1. The summed E-state index contributed by atoms with van der Waals surface area (Å²) in [7, 11) is 3.10. The Morgan fingerprint density at radius 3 is 2.18 bits per heavy atom. The average Bonchev–Trinajstić information content (AvgIpc) is 2.87. The van der Waals surface area contributed by atoms with Gasteiger partial charge in [0.1, 0.15) is 22.8 Å². The van der Waals surface area contributed by atoms with Crippen molar-refractivity contribution in [1.82, 2.24) is 0 Å². The third-order valence-electron chi connectivity index (χ3n) is 5.38. The number of rotatable bonds is 8. The number of nitrogens with one attached hydrogen (secondary N) is 1. The first-order valence-corrected chi connectivity index (χ1v) is 10.7. The molecule has 4 aromatic rings. The van der Waals surface area contributed by atoms with E-state index in [-0.39, 0.29) is 30.0 Å². The van der Waals surface area contributed by atoms with Crippen LogP contribution in [0, 0.1) is 0 Å². The summed E-state index contributed by atoms with van der Waals surface area (Å²) in [5.41, 5.74) is 2.10. The second-order valence-corrected chi connectivity index (χ2v) is 7.61. The molecule has 0 aliphatic carbocycles. The van der Waals surface area contributed by atoms with Gasteiger partial charge in [0.05, 0.1) is 19.6 Å². The van der Waals surface area contributed by atoms with Gasteiger partial charge in [0, 0.05) is 35.7 Å². The number of carbonyl (C=O) groups is 2. The van der Waals surface area contributed by atoms with Gasteiger partial charge in [0.2, 0.25) is 5.91 Å². The summed E-state index contributed by atoms with van der Waals surface area (Å²) in [5, 5.41) is 3.22. The molecule has 7 heteroatoms. The van der Waals surface area contributed by atoms with Gasteiger partial charge in [-0.15, -0.1) is 0 Å². The van der Waals surface area contributed by atoms with Crippen LogP contribution in [-0.2, 0) is 4.79 Å². The molecule has 7 nitrogen and oxygen atoms in total. The van der Waals surface area contributed by atoms with Crippen LogP contribution in [0.2, 0.25) is 0 Å². The molecule has 1 amide bonds. The molecule has 0 bridgehead atoms. The van der Waals surface area contributed by atoms with Crippen LogP contribution in [0.5, 0.6) is 11.5 Å². The van der Waals surface area contributed by atoms with E-state index < -0.39 is 0 Å². The molecular formula is C27H23NO6. The van der Waals surface area contributed by atoms with Gasteiger partial charge in [-0.25, -0.2) is 0 Å². The highest BCUT2D eigenvalue weighted by atomic mass is 16.5. The molecule has 0 saturated carbocycles. The smallest absolute Gasteiger partial charge is 0.224 e. The molecule has 0 unspecified atom stereocenters. The van der Waals surface area contributed by atoms with Crippen molar-refractivity contribution in [2.45, 2.75) is 12.8 Å². The van der Waals surface area contributed by atoms with Crippen LogP contribution in [0.4, 0.5) is 5.69 Å². The van der Waals surface area contributed by atoms with Crippen LogP contribution < -0.4 is 20.2 Å². The maximum absolute atomic E-state index is 12.5. The maximum Gasteiger partial charge on any atom is 0.224 e. The van der Waals surface area contributed by atoms with Crippen molar-refractivity contribution in [2.75, 3.05) is 19.5 Å². The van der Waals surface area contributed by atoms with Crippen molar-refractivity contribution in [3.05, 3.63) is 88.6 Å². The Kier molecular flexibility index (Phi) is 6.73. The summed E-state index contributed by atoms with van der Waals surface area (Å²) in [5.74, 6) is 1.29. The van der Waals surface area contributed by atoms with E-state index in [1.54, 1.807) is 73.8 Å². The summed E-state index contributed by atoms with van der Waals surface area (Å²) in [6, 6.07) is 20.2. The number of methoxy groups -OCH3 is 2. The minimum Gasteiger partial charge on any atom is -0.497 e. The van der Waals surface area contributed by atoms with Gasteiger partial charge < -0.3 is 19.2 Å². The fourth-order valence-electron chi connectivity index (χ4n) is 3.49. The Labute approximate surface area is 195 Å². The quantitative estimate of drug-likeness (QED) is 0.371. The van der Waals surface area contributed by atoms with Crippen LogP contribution in [0.25, 0.3) is 22.3 Å². The van der Waals surface area contributed by atoms with E-state index in [0.29, 0.717) is 45.0 Å². The normalized spacial score (nSPS) is 10.6. The van der Waals surface area contributed by atoms with Crippen molar-refractivity contribution in [1.29, 1.82) is 0 Å². The van der Waals surface area contributed by atoms with Gasteiger partial charge >= 0.3 is 0 Å². The first-order chi connectivity index (χ1) is 16.5. The number of anilines is 1. The Balaban J connectivity index is 1.39. The molecule has 34 heavy (non-hydrogen) atoms. The molecule has 0 radical (unpaired) electrons. The first kappa shape index (κ1) is 22.8. The first-order valence-electron chi connectivity index (χ1n) is 10.7. The monoisotopic (exact) mass is 457 g/mol. The SMILES string of the molecule is COc1ccc(C(=O)CCC(=O)Nc2ccc(-c3cc(=O)c4cc(OC)ccc4o3)cc2)cc1. The lowest BCUT2D eigenvalue weighted by Crippen LogP contribution is -2.13. The van der Waals surface area contributed by atoms with E-state index in [9.17, 15) is 14.4 Å². The molecule has 0 aliphatic heterocycles. The van der Waals surface area contributed by atoms with Crippen LogP contribution in [0.3, 0.4) is 0 Å². The number of hydrogen-bond acceptors (Lipinski definition) is 6. The van der Waals surface area contributed by atoms with Crippen molar-refractivity contribution < 1.29 is 23.5 Å². The fraction of sp³-hybridized carbons (Fsp3) is 0.148. The summed E-state index contributed by atoms with van der Waals surface area (Å²) in [6.07, 6.45) is 0.166. The Hall–Kier alpha value is -4.39. The molecule has 0 fully saturated rings. The van der Waals surface area contributed by atoms with Crippen LogP contribution in [0.1, 0.15) is 23.2 Å².